The lowest BCUT2D eigenvalue weighted by Crippen LogP contribution is -3.13. The average molecular weight is 354 g/mol. The number of piperidine rings is 1. The molecule has 3 heterocycles. The Morgan fingerprint density at radius 1 is 1.23 bits per heavy atom. The number of allylic oxidation sites excluding steroid dienone is 1. The Hall–Kier alpha value is -2.53. The Balaban J connectivity index is 1.64. The number of benzene rings is 1. The predicted octanol–water partition coefficient (Wildman–Crippen LogP) is 2.66. The van der Waals surface area contributed by atoms with Gasteiger partial charge >= 0.3 is 0 Å². The number of fused-ring (bicyclic) bond motifs is 1. The van der Waals surface area contributed by atoms with E-state index in [9.17, 15) is 9.90 Å². The highest BCUT2D eigenvalue weighted by Gasteiger charge is 2.34. The van der Waals surface area contributed by atoms with Crippen molar-refractivity contribution in [2.45, 2.75) is 26.8 Å². The van der Waals surface area contributed by atoms with Gasteiger partial charge < -0.3 is 19.2 Å². The fraction of sp³-hybridized carbons (Fsp3) is 0.381. The fourth-order valence-electron chi connectivity index (χ4n) is 4.29. The molecule has 0 aliphatic carbocycles. The standard InChI is InChI=1S/C21H23NO4/c1-13-8-14(2)11-22(10-13)12-17-18(23)6-5-16-20(24)19(26-21(16)17)9-15-4-3-7-25-15/h3-7,9,13-14,23H,8,10-12H2,1-2H3/p+1/b19-9-/t13-,14-/m1/s1. The third kappa shape index (κ3) is 3.15. The van der Waals surface area contributed by atoms with Crippen molar-refractivity contribution in [3.8, 4) is 11.5 Å². The largest absolute Gasteiger partial charge is 0.507 e. The number of ketones is 1. The van der Waals surface area contributed by atoms with Gasteiger partial charge in [0.25, 0.3) is 0 Å². The molecule has 0 amide bonds. The highest BCUT2D eigenvalue weighted by atomic mass is 16.5. The van der Waals surface area contributed by atoms with Crippen molar-refractivity contribution in [3.63, 3.8) is 0 Å². The molecule has 0 saturated carbocycles. The molecule has 1 saturated heterocycles. The van der Waals surface area contributed by atoms with Crippen LogP contribution in [0.15, 0.2) is 40.7 Å². The molecule has 1 aromatic heterocycles. The zero-order valence-electron chi connectivity index (χ0n) is 15.1. The second kappa shape index (κ2) is 6.65. The minimum absolute atomic E-state index is 0.173. The summed E-state index contributed by atoms with van der Waals surface area (Å²) in [5.74, 6) is 2.62. The Bertz CT molecular complexity index is 843. The molecular formula is C21H24NO4+. The number of hydrogen-bond acceptors (Lipinski definition) is 4. The molecule has 2 aliphatic rings. The Labute approximate surface area is 152 Å². The first-order chi connectivity index (χ1) is 12.5. The summed E-state index contributed by atoms with van der Waals surface area (Å²) in [5, 5.41) is 10.4. The number of quaternary nitrogens is 1. The molecule has 0 bridgehead atoms. The average Bonchev–Trinajstić information content (AvgIpc) is 3.19. The maximum Gasteiger partial charge on any atom is 0.232 e. The normalized spacial score (nSPS) is 26.8. The van der Waals surface area contributed by atoms with Crippen LogP contribution in [0.2, 0.25) is 0 Å². The summed E-state index contributed by atoms with van der Waals surface area (Å²) in [6.07, 6.45) is 4.40. The van der Waals surface area contributed by atoms with Crippen LogP contribution in [0.5, 0.6) is 11.5 Å². The van der Waals surface area contributed by atoms with Gasteiger partial charge in [-0.05, 0) is 30.7 Å². The molecule has 1 aromatic carbocycles. The van der Waals surface area contributed by atoms with Gasteiger partial charge in [-0.25, -0.2) is 0 Å². The van der Waals surface area contributed by atoms with Crippen LogP contribution in [0.4, 0.5) is 0 Å². The van der Waals surface area contributed by atoms with E-state index in [0.717, 1.165) is 18.7 Å². The fourth-order valence-corrected chi connectivity index (χ4v) is 4.29. The van der Waals surface area contributed by atoms with Crippen molar-refractivity contribution in [1.29, 1.82) is 0 Å². The molecule has 0 spiro atoms. The number of Topliss-reactive ketones (excluding diaryl/α,β-unsaturated/α-hetero) is 1. The predicted molar refractivity (Wildman–Crippen MR) is 97.1 cm³/mol. The molecule has 2 atom stereocenters. The molecule has 0 unspecified atom stereocenters. The number of nitrogens with one attached hydrogen (secondary N) is 1. The van der Waals surface area contributed by atoms with Crippen LogP contribution < -0.4 is 9.64 Å². The second-order valence-corrected chi connectivity index (χ2v) is 7.68. The molecule has 5 nitrogen and oxygen atoms in total. The van der Waals surface area contributed by atoms with Crippen molar-refractivity contribution in [2.75, 3.05) is 13.1 Å². The molecule has 1 fully saturated rings. The summed E-state index contributed by atoms with van der Waals surface area (Å²) in [7, 11) is 0. The highest BCUT2D eigenvalue weighted by molar-refractivity contribution is 6.14. The maximum atomic E-state index is 12.7. The van der Waals surface area contributed by atoms with E-state index >= 15 is 0 Å². The number of ether oxygens (including phenoxy) is 1. The van der Waals surface area contributed by atoms with E-state index < -0.39 is 0 Å². The number of carbonyl (C=O) groups is 1. The molecular weight excluding hydrogens is 330 g/mol. The highest BCUT2D eigenvalue weighted by Crippen LogP contribution is 2.39. The molecule has 4 rings (SSSR count). The summed E-state index contributed by atoms with van der Waals surface area (Å²) >= 11 is 0. The number of likely N-dealkylation sites (tertiary alicyclic amines) is 1. The lowest BCUT2D eigenvalue weighted by molar-refractivity contribution is -0.925. The van der Waals surface area contributed by atoms with Gasteiger partial charge in [-0.1, -0.05) is 13.8 Å². The third-order valence-electron chi connectivity index (χ3n) is 5.24. The van der Waals surface area contributed by atoms with Crippen molar-refractivity contribution in [1.82, 2.24) is 0 Å². The van der Waals surface area contributed by atoms with E-state index in [0.29, 0.717) is 35.5 Å². The maximum absolute atomic E-state index is 12.7. The number of furan rings is 1. The van der Waals surface area contributed by atoms with Crippen molar-refractivity contribution in [3.05, 3.63) is 53.2 Å². The van der Waals surface area contributed by atoms with E-state index in [2.05, 4.69) is 13.8 Å². The summed E-state index contributed by atoms with van der Waals surface area (Å²) in [5.41, 5.74) is 1.23. The Morgan fingerprint density at radius 3 is 2.69 bits per heavy atom. The molecule has 26 heavy (non-hydrogen) atoms. The van der Waals surface area contributed by atoms with Gasteiger partial charge in [0.1, 0.15) is 18.1 Å². The molecule has 2 N–H and O–H groups in total. The molecule has 5 heteroatoms. The van der Waals surface area contributed by atoms with Gasteiger partial charge in [-0.2, -0.15) is 0 Å². The number of hydrogen-bond donors (Lipinski definition) is 2. The van der Waals surface area contributed by atoms with Crippen LogP contribution >= 0.6 is 0 Å². The summed E-state index contributed by atoms with van der Waals surface area (Å²) in [6.45, 7) is 7.34. The topological polar surface area (TPSA) is 64.1 Å². The van der Waals surface area contributed by atoms with Gasteiger partial charge in [0.2, 0.25) is 5.78 Å². The van der Waals surface area contributed by atoms with E-state index in [1.54, 1.807) is 36.6 Å². The van der Waals surface area contributed by atoms with Gasteiger partial charge in [0.05, 0.1) is 30.5 Å². The van der Waals surface area contributed by atoms with Gasteiger partial charge in [0.15, 0.2) is 11.5 Å². The van der Waals surface area contributed by atoms with Gasteiger partial charge in [-0.3, -0.25) is 4.79 Å². The number of phenolic OH excluding ortho intramolecular Hbond substituents is 1. The Kier molecular flexibility index (Phi) is 4.32. The van der Waals surface area contributed by atoms with Crippen LogP contribution in [0, 0.1) is 11.8 Å². The first kappa shape index (κ1) is 16.9. The first-order valence-corrected chi connectivity index (χ1v) is 9.17. The first-order valence-electron chi connectivity index (χ1n) is 9.17. The van der Waals surface area contributed by atoms with Crippen LogP contribution in [-0.4, -0.2) is 24.0 Å². The van der Waals surface area contributed by atoms with Gasteiger partial charge in [-0.15, -0.1) is 0 Å². The summed E-state index contributed by atoms with van der Waals surface area (Å²) < 4.78 is 11.2. The quantitative estimate of drug-likeness (QED) is 0.832. The zero-order chi connectivity index (χ0) is 18.3. The smallest absolute Gasteiger partial charge is 0.232 e. The molecule has 2 aromatic rings. The number of aromatic hydroxyl groups is 1. The molecule has 136 valence electrons. The number of rotatable bonds is 3. The molecule has 2 aliphatic heterocycles. The van der Waals surface area contributed by atoms with Crippen molar-refractivity contribution >= 4 is 11.9 Å². The minimum Gasteiger partial charge on any atom is -0.507 e. The van der Waals surface area contributed by atoms with Crippen LogP contribution in [0.3, 0.4) is 0 Å². The van der Waals surface area contributed by atoms with Crippen LogP contribution in [-0.2, 0) is 6.54 Å². The minimum atomic E-state index is -0.173. The van der Waals surface area contributed by atoms with E-state index in [-0.39, 0.29) is 17.3 Å². The number of phenols is 1. The summed E-state index contributed by atoms with van der Waals surface area (Å²) in [4.78, 5) is 14.1. The monoisotopic (exact) mass is 354 g/mol. The van der Waals surface area contributed by atoms with Crippen LogP contribution in [0.25, 0.3) is 6.08 Å². The lowest BCUT2D eigenvalue weighted by atomic mass is 9.91. The van der Waals surface area contributed by atoms with E-state index in [1.165, 1.54) is 11.3 Å². The third-order valence-corrected chi connectivity index (χ3v) is 5.24. The summed E-state index contributed by atoms with van der Waals surface area (Å²) in [6, 6.07) is 6.77. The van der Waals surface area contributed by atoms with E-state index in [1.807, 2.05) is 0 Å². The van der Waals surface area contributed by atoms with Crippen LogP contribution in [0.1, 0.15) is 41.9 Å². The zero-order valence-corrected chi connectivity index (χ0v) is 15.1. The second-order valence-electron chi connectivity index (χ2n) is 7.68. The van der Waals surface area contributed by atoms with Gasteiger partial charge in [0, 0.05) is 17.9 Å². The SMILES string of the molecule is C[C@@H]1C[C@@H](C)C[NH+](Cc2c(O)ccc3c2O/C(=C\c2ccco2)C3=O)C1. The lowest BCUT2D eigenvalue weighted by Gasteiger charge is -2.32. The molecule has 0 radical (unpaired) electrons. The van der Waals surface area contributed by atoms with Crippen molar-refractivity contribution < 1.29 is 24.0 Å². The van der Waals surface area contributed by atoms with E-state index in [4.69, 9.17) is 9.15 Å². The number of carbonyl (C=O) groups excluding carboxylic acids is 1. The van der Waals surface area contributed by atoms with Crippen molar-refractivity contribution in [2.24, 2.45) is 11.8 Å². The Morgan fingerprint density at radius 2 is 2.00 bits per heavy atom.